The molecule has 110 valence electrons. The lowest BCUT2D eigenvalue weighted by atomic mass is 9.89. The van der Waals surface area contributed by atoms with Crippen LogP contribution in [0, 0.1) is 5.92 Å². The van der Waals surface area contributed by atoms with Gasteiger partial charge in [0.2, 0.25) is 0 Å². The molecule has 3 rings (SSSR count). The van der Waals surface area contributed by atoms with Crippen LogP contribution in [-0.4, -0.2) is 0 Å². The third-order valence-corrected chi connectivity index (χ3v) is 5.70. The van der Waals surface area contributed by atoms with Crippen molar-refractivity contribution in [3.63, 3.8) is 0 Å². The highest BCUT2D eigenvalue weighted by Gasteiger charge is 2.17. The molecule has 2 aromatic rings. The van der Waals surface area contributed by atoms with Crippen LogP contribution in [0.3, 0.4) is 0 Å². The third kappa shape index (κ3) is 3.71. The minimum atomic E-state index is 0.831. The summed E-state index contributed by atoms with van der Waals surface area (Å²) in [6.07, 6.45) is 7.84. The van der Waals surface area contributed by atoms with Crippen molar-refractivity contribution in [1.82, 2.24) is 0 Å². The molecule has 0 aliphatic carbocycles. The maximum Gasteiger partial charge on any atom is 0.0154 e. The van der Waals surface area contributed by atoms with E-state index in [1.54, 1.807) is 5.56 Å². The highest BCUT2D eigenvalue weighted by molar-refractivity contribution is 7.99. The molecule has 0 nitrogen and oxygen atoms in total. The molecule has 1 heterocycles. The molecule has 0 radical (unpaired) electrons. The summed E-state index contributed by atoms with van der Waals surface area (Å²) in [6, 6.07) is 17.9. The Kier molecular flexibility index (Phi) is 5.03. The fraction of sp³-hybridized carbons (Fsp3) is 0.400. The Balaban J connectivity index is 1.93. The van der Waals surface area contributed by atoms with E-state index in [0.717, 1.165) is 5.92 Å². The Morgan fingerprint density at radius 3 is 2.38 bits per heavy atom. The highest BCUT2D eigenvalue weighted by Crippen LogP contribution is 2.37. The maximum absolute atomic E-state index is 2.33. The number of rotatable bonds is 3. The van der Waals surface area contributed by atoms with E-state index in [0.29, 0.717) is 0 Å². The summed E-state index contributed by atoms with van der Waals surface area (Å²) in [5.41, 5.74) is 3.07. The largest absolute Gasteiger partial charge is 0.0895 e. The lowest BCUT2D eigenvalue weighted by molar-refractivity contribution is 0.429. The van der Waals surface area contributed by atoms with Crippen LogP contribution in [0.2, 0.25) is 0 Å². The molecule has 0 aromatic heterocycles. The van der Waals surface area contributed by atoms with Crippen LogP contribution in [0.5, 0.6) is 0 Å². The summed E-state index contributed by atoms with van der Waals surface area (Å²) >= 11 is 1.96. The first-order valence-corrected chi connectivity index (χ1v) is 9.02. The van der Waals surface area contributed by atoms with Crippen LogP contribution in [0.15, 0.2) is 58.3 Å². The first-order chi connectivity index (χ1) is 10.4. The van der Waals surface area contributed by atoms with Gasteiger partial charge in [-0.1, -0.05) is 74.3 Å². The highest BCUT2D eigenvalue weighted by atomic mass is 32.2. The van der Waals surface area contributed by atoms with Crippen molar-refractivity contribution in [2.75, 3.05) is 0 Å². The quantitative estimate of drug-likeness (QED) is 0.656. The van der Waals surface area contributed by atoms with Crippen LogP contribution < -0.4 is 0 Å². The lowest BCUT2D eigenvalue weighted by Crippen LogP contribution is -2.06. The molecule has 0 saturated carbocycles. The molecule has 0 spiro atoms. The van der Waals surface area contributed by atoms with E-state index in [2.05, 4.69) is 55.5 Å². The van der Waals surface area contributed by atoms with Gasteiger partial charge in [-0.3, -0.25) is 0 Å². The van der Waals surface area contributed by atoms with Gasteiger partial charge in [0.1, 0.15) is 0 Å². The molecule has 1 unspecified atom stereocenters. The van der Waals surface area contributed by atoms with Gasteiger partial charge in [0.25, 0.3) is 0 Å². The van der Waals surface area contributed by atoms with Gasteiger partial charge >= 0.3 is 0 Å². The Bertz CT molecular complexity index is 588. The van der Waals surface area contributed by atoms with Crippen molar-refractivity contribution in [3.05, 3.63) is 59.7 Å². The first-order valence-electron chi connectivity index (χ1n) is 8.20. The van der Waals surface area contributed by atoms with E-state index in [4.69, 9.17) is 0 Å². The Labute approximate surface area is 133 Å². The van der Waals surface area contributed by atoms with Gasteiger partial charge in [0.15, 0.2) is 0 Å². The summed E-state index contributed by atoms with van der Waals surface area (Å²) in [5, 5.41) is 0. The summed E-state index contributed by atoms with van der Waals surface area (Å²) in [6.45, 7) is 2.30. The normalized spacial score (nSPS) is 18.0. The molecule has 1 atom stereocenters. The number of hydrogen-bond acceptors (Lipinski definition) is 1. The van der Waals surface area contributed by atoms with Crippen molar-refractivity contribution < 1.29 is 0 Å². The predicted octanol–water partition coefficient (Wildman–Crippen LogP) is 6.13. The van der Waals surface area contributed by atoms with E-state index in [-0.39, 0.29) is 0 Å². The van der Waals surface area contributed by atoms with Crippen molar-refractivity contribution >= 4 is 11.8 Å². The molecule has 1 aliphatic heterocycles. The second-order valence-corrected chi connectivity index (χ2v) is 7.15. The SMILES string of the molecule is CCCCC1CCc2ccccc2Sc2ccccc2C1. The number of hydrogen-bond donors (Lipinski definition) is 0. The zero-order valence-corrected chi connectivity index (χ0v) is 13.7. The van der Waals surface area contributed by atoms with E-state index >= 15 is 0 Å². The van der Waals surface area contributed by atoms with Crippen molar-refractivity contribution in [3.8, 4) is 0 Å². The minimum absolute atomic E-state index is 0.831. The molecular weight excluding hydrogens is 272 g/mol. The van der Waals surface area contributed by atoms with Crippen molar-refractivity contribution in [2.24, 2.45) is 5.92 Å². The molecule has 0 bridgehead atoms. The molecule has 0 saturated heterocycles. The fourth-order valence-corrected chi connectivity index (χ4v) is 4.33. The zero-order chi connectivity index (χ0) is 14.5. The number of unbranched alkanes of at least 4 members (excludes halogenated alkanes) is 1. The molecular formula is C20H24S. The first kappa shape index (κ1) is 14.7. The van der Waals surface area contributed by atoms with Gasteiger partial charge in [-0.2, -0.15) is 0 Å². The van der Waals surface area contributed by atoms with Crippen LogP contribution in [0.1, 0.15) is 43.7 Å². The summed E-state index contributed by atoms with van der Waals surface area (Å²) in [7, 11) is 0. The fourth-order valence-electron chi connectivity index (χ4n) is 3.21. The monoisotopic (exact) mass is 296 g/mol. The summed E-state index contributed by atoms with van der Waals surface area (Å²) in [4.78, 5) is 2.90. The Morgan fingerprint density at radius 1 is 0.952 bits per heavy atom. The molecule has 21 heavy (non-hydrogen) atoms. The maximum atomic E-state index is 2.33. The van der Waals surface area contributed by atoms with E-state index in [9.17, 15) is 0 Å². The number of benzene rings is 2. The zero-order valence-electron chi connectivity index (χ0n) is 12.8. The van der Waals surface area contributed by atoms with Crippen LogP contribution in [0.25, 0.3) is 0 Å². The van der Waals surface area contributed by atoms with Crippen LogP contribution in [-0.2, 0) is 12.8 Å². The minimum Gasteiger partial charge on any atom is -0.0895 e. The molecule has 0 fully saturated rings. The van der Waals surface area contributed by atoms with E-state index in [1.807, 2.05) is 11.8 Å². The molecule has 0 amide bonds. The van der Waals surface area contributed by atoms with Crippen LogP contribution >= 0.6 is 11.8 Å². The summed E-state index contributed by atoms with van der Waals surface area (Å²) < 4.78 is 0. The number of fused-ring (bicyclic) bond motifs is 2. The van der Waals surface area contributed by atoms with Gasteiger partial charge in [0, 0.05) is 9.79 Å². The Hall–Kier alpha value is -1.21. The van der Waals surface area contributed by atoms with Crippen molar-refractivity contribution in [2.45, 2.75) is 55.2 Å². The topological polar surface area (TPSA) is 0 Å². The van der Waals surface area contributed by atoms with E-state index < -0.39 is 0 Å². The third-order valence-electron chi connectivity index (χ3n) is 4.46. The van der Waals surface area contributed by atoms with E-state index in [1.165, 1.54) is 53.9 Å². The van der Waals surface area contributed by atoms with Gasteiger partial charge in [0.05, 0.1) is 0 Å². The van der Waals surface area contributed by atoms with Gasteiger partial charge < -0.3 is 0 Å². The summed E-state index contributed by atoms with van der Waals surface area (Å²) in [5.74, 6) is 0.831. The van der Waals surface area contributed by atoms with Gasteiger partial charge in [-0.15, -0.1) is 0 Å². The predicted molar refractivity (Wildman–Crippen MR) is 92.0 cm³/mol. The molecule has 2 aromatic carbocycles. The lowest BCUT2D eigenvalue weighted by Gasteiger charge is -2.17. The standard InChI is InChI=1S/C20H24S/c1-2-3-8-16-13-14-17-9-4-6-11-19(17)21-20-12-7-5-10-18(20)15-16/h4-7,9-12,16H,2-3,8,13-15H2,1H3. The van der Waals surface area contributed by atoms with Gasteiger partial charge in [-0.05, 0) is 48.4 Å². The Morgan fingerprint density at radius 2 is 1.62 bits per heavy atom. The molecule has 1 aliphatic rings. The van der Waals surface area contributed by atoms with Crippen molar-refractivity contribution in [1.29, 1.82) is 0 Å². The van der Waals surface area contributed by atoms with Crippen LogP contribution in [0.4, 0.5) is 0 Å². The number of aryl methyl sites for hydroxylation is 1. The average molecular weight is 296 g/mol. The second kappa shape index (κ2) is 7.17. The smallest absolute Gasteiger partial charge is 0.0154 e. The second-order valence-electron chi connectivity index (χ2n) is 6.07. The molecule has 1 heteroatoms. The molecule has 0 N–H and O–H groups in total. The average Bonchev–Trinajstić information content (AvgIpc) is 2.59. The van der Waals surface area contributed by atoms with Gasteiger partial charge in [-0.25, -0.2) is 0 Å².